The average molecular weight is 256 g/mol. The van der Waals surface area contributed by atoms with Crippen molar-refractivity contribution in [2.24, 2.45) is 0 Å². The average Bonchev–Trinajstić information content (AvgIpc) is 2.41. The first-order valence-corrected chi connectivity index (χ1v) is 5.26. The van der Waals surface area contributed by atoms with Gasteiger partial charge in [0.1, 0.15) is 11.8 Å². The molecule has 0 unspecified atom stereocenters. The van der Waals surface area contributed by atoms with E-state index in [1.54, 1.807) is 13.0 Å². The zero-order chi connectivity index (χ0) is 13.8. The summed E-state index contributed by atoms with van der Waals surface area (Å²) in [5.74, 6) is 0.291. The number of non-ortho nitro benzene ring substituents is 1. The van der Waals surface area contributed by atoms with Gasteiger partial charge in [-0.15, -0.1) is 0 Å². The van der Waals surface area contributed by atoms with Crippen molar-refractivity contribution >= 4 is 5.69 Å². The smallest absolute Gasteiger partial charge is 0.273 e. The first-order chi connectivity index (χ1) is 9.11. The van der Waals surface area contributed by atoms with Gasteiger partial charge in [0.25, 0.3) is 11.6 Å². The van der Waals surface area contributed by atoms with Crippen LogP contribution in [-0.2, 0) is 0 Å². The Balaban J connectivity index is 2.41. The van der Waals surface area contributed by atoms with Crippen LogP contribution in [0.15, 0.2) is 30.6 Å². The summed E-state index contributed by atoms with van der Waals surface area (Å²) >= 11 is 0. The predicted octanol–water partition coefficient (Wildman–Crippen LogP) is 2.36. The van der Waals surface area contributed by atoms with Crippen molar-refractivity contribution in [1.82, 2.24) is 9.97 Å². The fourth-order valence-corrected chi connectivity index (χ4v) is 1.39. The third-order valence-corrected chi connectivity index (χ3v) is 2.36. The zero-order valence-electron chi connectivity index (χ0n) is 9.90. The molecule has 0 fully saturated rings. The van der Waals surface area contributed by atoms with Crippen LogP contribution < -0.4 is 4.74 Å². The van der Waals surface area contributed by atoms with Crippen LogP contribution in [0.3, 0.4) is 0 Å². The van der Waals surface area contributed by atoms with E-state index in [1.807, 2.05) is 6.07 Å². The number of rotatable bonds is 3. The Kier molecular flexibility index (Phi) is 3.34. The van der Waals surface area contributed by atoms with Crippen LogP contribution in [0.4, 0.5) is 5.69 Å². The van der Waals surface area contributed by atoms with Crippen molar-refractivity contribution in [3.8, 4) is 17.7 Å². The van der Waals surface area contributed by atoms with Crippen LogP contribution in [-0.4, -0.2) is 14.9 Å². The van der Waals surface area contributed by atoms with E-state index in [0.717, 1.165) is 0 Å². The molecule has 19 heavy (non-hydrogen) atoms. The van der Waals surface area contributed by atoms with Crippen LogP contribution >= 0.6 is 0 Å². The second-order valence-electron chi connectivity index (χ2n) is 3.63. The highest BCUT2D eigenvalue weighted by molar-refractivity contribution is 5.46. The first-order valence-electron chi connectivity index (χ1n) is 5.26. The molecule has 0 aliphatic heterocycles. The second-order valence-corrected chi connectivity index (χ2v) is 3.63. The number of hydrogen-bond donors (Lipinski definition) is 0. The van der Waals surface area contributed by atoms with Gasteiger partial charge >= 0.3 is 0 Å². The molecule has 7 heteroatoms. The predicted molar refractivity (Wildman–Crippen MR) is 64.7 cm³/mol. The van der Waals surface area contributed by atoms with Crippen LogP contribution in [0.5, 0.6) is 11.6 Å². The minimum atomic E-state index is -0.520. The van der Waals surface area contributed by atoms with Gasteiger partial charge in [-0.05, 0) is 18.6 Å². The van der Waals surface area contributed by atoms with E-state index in [-0.39, 0.29) is 23.0 Å². The largest absolute Gasteiger partial charge is 0.436 e. The van der Waals surface area contributed by atoms with Crippen LogP contribution in [0.25, 0.3) is 0 Å². The summed E-state index contributed by atoms with van der Waals surface area (Å²) in [6.45, 7) is 1.74. The lowest BCUT2D eigenvalue weighted by atomic mass is 10.2. The first kappa shape index (κ1) is 12.4. The molecule has 0 N–H and O–H groups in total. The Morgan fingerprint density at radius 2 is 2.11 bits per heavy atom. The molecule has 1 heterocycles. The van der Waals surface area contributed by atoms with E-state index in [9.17, 15) is 10.1 Å². The van der Waals surface area contributed by atoms with Gasteiger partial charge < -0.3 is 4.74 Å². The molecular weight excluding hydrogens is 248 g/mol. The number of benzene rings is 1. The summed E-state index contributed by atoms with van der Waals surface area (Å²) in [6, 6.07) is 6.07. The normalized spacial score (nSPS) is 9.68. The van der Waals surface area contributed by atoms with Gasteiger partial charge in [0.2, 0.25) is 5.69 Å². The Hall–Kier alpha value is -3.01. The Bertz CT molecular complexity index is 679. The van der Waals surface area contributed by atoms with Crippen molar-refractivity contribution in [3.63, 3.8) is 0 Å². The standard InChI is InChI=1S/C12H8N4O3/c1-8-2-3-9(16(17)18)6-11(8)19-12-10(7-13)14-4-5-15-12/h2-6H,1H3. The Morgan fingerprint density at radius 3 is 2.79 bits per heavy atom. The van der Waals surface area contributed by atoms with Gasteiger partial charge in [0.15, 0.2) is 0 Å². The lowest BCUT2D eigenvalue weighted by molar-refractivity contribution is -0.384. The molecule has 2 aromatic rings. The van der Waals surface area contributed by atoms with Gasteiger partial charge in [0, 0.05) is 18.5 Å². The van der Waals surface area contributed by atoms with E-state index in [0.29, 0.717) is 5.56 Å². The molecule has 0 amide bonds. The maximum Gasteiger partial charge on any atom is 0.273 e. The van der Waals surface area contributed by atoms with Gasteiger partial charge in [-0.2, -0.15) is 5.26 Å². The molecule has 0 radical (unpaired) electrons. The monoisotopic (exact) mass is 256 g/mol. The van der Waals surface area contributed by atoms with E-state index in [2.05, 4.69) is 9.97 Å². The fraction of sp³-hybridized carbons (Fsp3) is 0.0833. The van der Waals surface area contributed by atoms with Crippen molar-refractivity contribution < 1.29 is 9.66 Å². The molecule has 1 aromatic heterocycles. The van der Waals surface area contributed by atoms with Gasteiger partial charge in [-0.25, -0.2) is 9.97 Å². The number of nitriles is 1. The van der Waals surface area contributed by atoms with Crippen LogP contribution in [0.1, 0.15) is 11.3 Å². The minimum Gasteiger partial charge on any atom is -0.436 e. The van der Waals surface area contributed by atoms with E-state index in [4.69, 9.17) is 10.00 Å². The Labute approximate surface area is 108 Å². The molecule has 1 aromatic carbocycles. The number of aromatic nitrogens is 2. The van der Waals surface area contributed by atoms with Gasteiger partial charge in [0.05, 0.1) is 11.0 Å². The van der Waals surface area contributed by atoms with Crippen molar-refractivity contribution in [2.45, 2.75) is 6.92 Å². The maximum atomic E-state index is 10.7. The van der Waals surface area contributed by atoms with Gasteiger partial charge in [-0.1, -0.05) is 0 Å². The molecule has 7 nitrogen and oxygen atoms in total. The fourth-order valence-electron chi connectivity index (χ4n) is 1.39. The van der Waals surface area contributed by atoms with E-state index in [1.165, 1.54) is 24.5 Å². The molecule has 0 saturated carbocycles. The summed E-state index contributed by atoms with van der Waals surface area (Å²) in [6.07, 6.45) is 2.74. The number of nitrogens with zero attached hydrogens (tertiary/aromatic N) is 4. The lowest BCUT2D eigenvalue weighted by Crippen LogP contribution is -1.96. The van der Waals surface area contributed by atoms with Crippen molar-refractivity contribution in [1.29, 1.82) is 5.26 Å². The third-order valence-electron chi connectivity index (χ3n) is 2.36. The zero-order valence-corrected chi connectivity index (χ0v) is 9.90. The number of ether oxygens (including phenoxy) is 1. The Morgan fingerprint density at radius 1 is 1.37 bits per heavy atom. The molecule has 0 saturated heterocycles. The summed E-state index contributed by atoms with van der Waals surface area (Å²) in [5, 5.41) is 19.6. The second kappa shape index (κ2) is 5.10. The molecule has 2 rings (SSSR count). The van der Waals surface area contributed by atoms with Crippen LogP contribution in [0, 0.1) is 28.4 Å². The molecule has 0 bridgehead atoms. The van der Waals surface area contributed by atoms with Crippen molar-refractivity contribution in [2.75, 3.05) is 0 Å². The number of aryl methyl sites for hydroxylation is 1. The van der Waals surface area contributed by atoms with E-state index < -0.39 is 4.92 Å². The summed E-state index contributed by atoms with van der Waals surface area (Å²) < 4.78 is 5.42. The summed E-state index contributed by atoms with van der Waals surface area (Å²) in [7, 11) is 0. The molecule has 0 atom stereocenters. The molecule has 0 spiro atoms. The number of hydrogen-bond acceptors (Lipinski definition) is 6. The highest BCUT2D eigenvalue weighted by Crippen LogP contribution is 2.28. The molecule has 0 aliphatic rings. The summed E-state index contributed by atoms with van der Waals surface area (Å²) in [4.78, 5) is 17.9. The third kappa shape index (κ3) is 2.63. The summed E-state index contributed by atoms with van der Waals surface area (Å²) in [5.41, 5.74) is 0.622. The quantitative estimate of drug-likeness (QED) is 0.617. The lowest BCUT2D eigenvalue weighted by Gasteiger charge is -2.07. The molecular formula is C12H8N4O3. The van der Waals surface area contributed by atoms with Crippen LogP contribution in [0.2, 0.25) is 0 Å². The minimum absolute atomic E-state index is 0.0217. The van der Waals surface area contributed by atoms with Gasteiger partial charge in [-0.3, -0.25) is 10.1 Å². The number of nitro benzene ring substituents is 1. The maximum absolute atomic E-state index is 10.7. The van der Waals surface area contributed by atoms with E-state index >= 15 is 0 Å². The highest BCUT2D eigenvalue weighted by Gasteiger charge is 2.13. The number of nitro groups is 1. The van der Waals surface area contributed by atoms with Crippen molar-refractivity contribution in [3.05, 3.63) is 52.0 Å². The molecule has 94 valence electrons. The topological polar surface area (TPSA) is 102 Å². The molecule has 0 aliphatic carbocycles. The SMILES string of the molecule is Cc1ccc([N+](=O)[O-])cc1Oc1nccnc1C#N. The highest BCUT2D eigenvalue weighted by atomic mass is 16.6.